The molecule has 0 fully saturated rings. The second kappa shape index (κ2) is 8.76. The van der Waals surface area contributed by atoms with Crippen LogP contribution in [0.25, 0.3) is 10.2 Å². The van der Waals surface area contributed by atoms with Gasteiger partial charge in [0.15, 0.2) is 0 Å². The quantitative estimate of drug-likeness (QED) is 0.528. The van der Waals surface area contributed by atoms with Crippen molar-refractivity contribution in [3.63, 3.8) is 0 Å². The molecule has 0 aliphatic carbocycles. The molecule has 8 nitrogen and oxygen atoms in total. The molecule has 3 aromatic rings. The smallest absolute Gasteiger partial charge is 0.307 e. The van der Waals surface area contributed by atoms with Gasteiger partial charge in [-0.25, -0.2) is 8.42 Å². The van der Waals surface area contributed by atoms with Gasteiger partial charge in [0.2, 0.25) is 0 Å². The molecule has 0 atom stereocenters. The molecule has 154 valence electrons. The monoisotopic (exact) mass is 435 g/mol. The third-order valence-corrected chi connectivity index (χ3v) is 6.66. The number of benzene rings is 2. The van der Waals surface area contributed by atoms with E-state index >= 15 is 0 Å². The van der Waals surface area contributed by atoms with Crippen LogP contribution in [-0.2, 0) is 21.8 Å². The zero-order valence-electron chi connectivity index (χ0n) is 16.0. The Morgan fingerprint density at radius 3 is 2.72 bits per heavy atom. The predicted molar refractivity (Wildman–Crippen MR) is 113 cm³/mol. The molecule has 3 rings (SSSR count). The summed E-state index contributed by atoms with van der Waals surface area (Å²) >= 11 is 0.977. The fourth-order valence-electron chi connectivity index (χ4n) is 2.77. The number of rotatable bonds is 8. The van der Waals surface area contributed by atoms with E-state index in [4.69, 9.17) is 4.74 Å². The minimum atomic E-state index is -3.95. The summed E-state index contributed by atoms with van der Waals surface area (Å²) in [4.78, 5) is 24.1. The number of carbonyl (C=O) groups is 1. The first-order chi connectivity index (χ1) is 13.8. The van der Waals surface area contributed by atoms with Gasteiger partial charge in [0, 0.05) is 27.3 Å². The fourth-order valence-corrected chi connectivity index (χ4v) is 4.87. The van der Waals surface area contributed by atoms with Crippen molar-refractivity contribution in [1.29, 1.82) is 0 Å². The molecule has 10 heteroatoms. The van der Waals surface area contributed by atoms with Gasteiger partial charge in [-0.15, -0.1) is 0 Å². The number of fused-ring (bicyclic) bond motifs is 1. The van der Waals surface area contributed by atoms with Gasteiger partial charge in [0.25, 0.3) is 15.9 Å². The highest BCUT2D eigenvalue weighted by Gasteiger charge is 2.19. The van der Waals surface area contributed by atoms with E-state index in [1.165, 1.54) is 22.8 Å². The van der Waals surface area contributed by atoms with Gasteiger partial charge in [0.05, 0.1) is 26.4 Å². The minimum Gasteiger partial charge on any atom is -0.385 e. The van der Waals surface area contributed by atoms with Crippen LogP contribution in [-0.4, -0.2) is 39.2 Å². The molecule has 1 amide bonds. The van der Waals surface area contributed by atoms with Crippen LogP contribution in [0.4, 0.5) is 5.69 Å². The molecule has 0 saturated heterocycles. The number of nitrogens with one attached hydrogen (secondary N) is 2. The summed E-state index contributed by atoms with van der Waals surface area (Å²) in [5.74, 6) is -0.379. The van der Waals surface area contributed by atoms with Crippen LogP contribution >= 0.6 is 11.3 Å². The van der Waals surface area contributed by atoms with E-state index in [0.29, 0.717) is 29.8 Å². The number of ether oxygens (including phenoxy) is 1. The number of methoxy groups -OCH3 is 1. The molecule has 0 unspecified atom stereocenters. The third-order valence-electron chi connectivity index (χ3n) is 4.30. The van der Waals surface area contributed by atoms with Crippen LogP contribution in [0.1, 0.15) is 16.8 Å². The maximum absolute atomic E-state index is 12.9. The normalized spacial score (nSPS) is 11.5. The third kappa shape index (κ3) is 4.66. The van der Waals surface area contributed by atoms with E-state index in [0.717, 1.165) is 11.3 Å². The molecule has 29 heavy (non-hydrogen) atoms. The Hall–Kier alpha value is -2.69. The molecular weight excluding hydrogens is 414 g/mol. The van der Waals surface area contributed by atoms with Crippen LogP contribution in [0.3, 0.4) is 0 Å². The average Bonchev–Trinajstić information content (AvgIpc) is 2.98. The van der Waals surface area contributed by atoms with E-state index < -0.39 is 10.0 Å². The molecule has 1 heterocycles. The van der Waals surface area contributed by atoms with E-state index in [1.54, 1.807) is 38.4 Å². The van der Waals surface area contributed by atoms with Crippen molar-refractivity contribution in [3.05, 3.63) is 57.7 Å². The van der Waals surface area contributed by atoms with Crippen LogP contribution in [0.15, 0.2) is 52.2 Å². The summed E-state index contributed by atoms with van der Waals surface area (Å²) in [5, 5.41) is 2.74. The Kier molecular flexibility index (Phi) is 6.36. The number of hydrogen-bond donors (Lipinski definition) is 2. The van der Waals surface area contributed by atoms with Crippen molar-refractivity contribution in [1.82, 2.24) is 9.88 Å². The van der Waals surface area contributed by atoms with Gasteiger partial charge in [-0.2, -0.15) is 0 Å². The molecule has 0 aliphatic rings. The first-order valence-corrected chi connectivity index (χ1v) is 11.1. The van der Waals surface area contributed by atoms with Gasteiger partial charge in [-0.05, 0) is 36.8 Å². The molecule has 0 aliphatic heterocycles. The Morgan fingerprint density at radius 1 is 1.21 bits per heavy atom. The number of nitrogens with zero attached hydrogens (tertiary/aromatic N) is 1. The second-order valence-corrected chi connectivity index (χ2v) is 8.99. The minimum absolute atomic E-state index is 0.0159. The lowest BCUT2D eigenvalue weighted by Gasteiger charge is -2.13. The van der Waals surface area contributed by atoms with Crippen LogP contribution in [0.5, 0.6) is 0 Å². The van der Waals surface area contributed by atoms with Crippen molar-refractivity contribution >= 4 is 43.2 Å². The molecule has 1 aromatic heterocycles. The average molecular weight is 436 g/mol. The number of sulfonamides is 1. The molecule has 2 aromatic carbocycles. The zero-order chi connectivity index (χ0) is 21.0. The Balaban J connectivity index is 1.85. The summed E-state index contributed by atoms with van der Waals surface area (Å²) < 4.78 is 35.2. The molecule has 0 saturated carbocycles. The summed E-state index contributed by atoms with van der Waals surface area (Å²) in [6.07, 6.45) is 0.649. The highest BCUT2D eigenvalue weighted by Crippen LogP contribution is 2.24. The number of aryl methyl sites for hydroxylation is 1. The number of hydrogen-bond acceptors (Lipinski definition) is 6. The molecule has 0 bridgehead atoms. The second-order valence-electron chi connectivity index (χ2n) is 6.31. The van der Waals surface area contributed by atoms with Crippen molar-refractivity contribution in [2.24, 2.45) is 7.05 Å². The van der Waals surface area contributed by atoms with Crippen molar-refractivity contribution in [2.75, 3.05) is 25.0 Å². The summed E-state index contributed by atoms with van der Waals surface area (Å²) in [7, 11) is -0.733. The van der Waals surface area contributed by atoms with E-state index in [1.807, 2.05) is 0 Å². The predicted octanol–water partition coefficient (Wildman–Crippen LogP) is 2.17. The lowest BCUT2D eigenvalue weighted by atomic mass is 10.1. The van der Waals surface area contributed by atoms with E-state index in [-0.39, 0.29) is 26.9 Å². The lowest BCUT2D eigenvalue weighted by molar-refractivity contribution is 0.0949. The number of amides is 1. The number of carbonyl (C=O) groups excluding carboxylic acids is 1. The SMILES string of the molecule is COCCCNC(=O)c1ccccc1NS(=O)(=O)c1ccc2c(c1)sc(=O)n2C. The Labute approximate surface area is 172 Å². The van der Waals surface area contributed by atoms with Gasteiger partial charge in [-0.3, -0.25) is 14.3 Å². The first-order valence-electron chi connectivity index (χ1n) is 8.82. The summed E-state index contributed by atoms with van der Waals surface area (Å²) in [5.41, 5.74) is 1.06. The number of para-hydroxylation sites is 1. The standard InChI is InChI=1S/C19H21N3O5S2/c1-22-16-9-8-13(12-17(16)28-19(22)24)29(25,26)21-15-7-4-3-6-14(15)18(23)20-10-5-11-27-2/h3-4,6-9,12,21H,5,10-11H2,1-2H3,(H,20,23). The summed E-state index contributed by atoms with van der Waals surface area (Å²) in [6, 6.07) is 10.9. The highest BCUT2D eigenvalue weighted by atomic mass is 32.2. The maximum Gasteiger partial charge on any atom is 0.307 e. The van der Waals surface area contributed by atoms with Crippen LogP contribution < -0.4 is 14.9 Å². The lowest BCUT2D eigenvalue weighted by Crippen LogP contribution is -2.26. The molecule has 2 N–H and O–H groups in total. The fraction of sp³-hybridized carbons (Fsp3) is 0.263. The maximum atomic E-state index is 12.9. The van der Waals surface area contributed by atoms with Gasteiger partial charge >= 0.3 is 4.87 Å². The van der Waals surface area contributed by atoms with Crippen LogP contribution in [0.2, 0.25) is 0 Å². The van der Waals surface area contributed by atoms with E-state index in [9.17, 15) is 18.0 Å². The number of aromatic nitrogens is 1. The van der Waals surface area contributed by atoms with E-state index in [2.05, 4.69) is 10.0 Å². The number of thiazole rings is 1. The number of anilines is 1. The zero-order valence-corrected chi connectivity index (χ0v) is 17.6. The van der Waals surface area contributed by atoms with Gasteiger partial charge in [0.1, 0.15) is 0 Å². The van der Waals surface area contributed by atoms with Gasteiger partial charge < -0.3 is 14.6 Å². The Bertz CT molecular complexity index is 1200. The van der Waals surface area contributed by atoms with Gasteiger partial charge in [-0.1, -0.05) is 23.5 Å². The van der Waals surface area contributed by atoms with Crippen LogP contribution in [0, 0.1) is 0 Å². The van der Waals surface area contributed by atoms with Crippen molar-refractivity contribution in [2.45, 2.75) is 11.3 Å². The van der Waals surface area contributed by atoms with Crippen molar-refractivity contribution in [3.8, 4) is 0 Å². The molecular formula is C19H21N3O5S2. The Morgan fingerprint density at radius 2 is 1.97 bits per heavy atom. The largest absolute Gasteiger partial charge is 0.385 e. The first kappa shape index (κ1) is 21.0. The molecule has 0 spiro atoms. The highest BCUT2D eigenvalue weighted by molar-refractivity contribution is 7.92. The van der Waals surface area contributed by atoms with Crippen molar-refractivity contribution < 1.29 is 17.9 Å². The molecule has 0 radical (unpaired) electrons. The summed E-state index contributed by atoms with van der Waals surface area (Å²) in [6.45, 7) is 0.930. The topological polar surface area (TPSA) is 106 Å².